The van der Waals surface area contributed by atoms with Crippen LogP contribution >= 0.6 is 0 Å². The van der Waals surface area contributed by atoms with Gasteiger partial charge in [-0.2, -0.15) is 0 Å². The Labute approximate surface area is 101 Å². The number of benzene rings is 1. The lowest BCUT2D eigenvalue weighted by Gasteiger charge is -2.18. The highest BCUT2D eigenvalue weighted by atomic mass is 16.3. The van der Waals surface area contributed by atoms with Crippen LogP contribution in [0.25, 0.3) is 0 Å². The van der Waals surface area contributed by atoms with Gasteiger partial charge in [-0.1, -0.05) is 6.07 Å². The quantitative estimate of drug-likeness (QED) is 0.531. The van der Waals surface area contributed by atoms with Gasteiger partial charge in [0.05, 0.1) is 11.3 Å². The van der Waals surface area contributed by atoms with Gasteiger partial charge in [0.2, 0.25) is 0 Å². The maximum Gasteiger partial charge on any atom is 0.255 e. The largest absolute Gasteiger partial charge is 0.505 e. The predicted molar refractivity (Wildman–Crippen MR) is 68.0 cm³/mol. The minimum atomic E-state index is -0.316. The van der Waals surface area contributed by atoms with Crippen LogP contribution in [-0.4, -0.2) is 42.6 Å². The third-order valence-electron chi connectivity index (χ3n) is 2.33. The number of anilines is 1. The van der Waals surface area contributed by atoms with Gasteiger partial charge in [-0.15, -0.1) is 0 Å². The third-order valence-corrected chi connectivity index (χ3v) is 2.33. The molecule has 0 aliphatic heterocycles. The summed E-state index contributed by atoms with van der Waals surface area (Å²) in [6.45, 7) is 2.63. The smallest absolute Gasteiger partial charge is 0.255 e. The van der Waals surface area contributed by atoms with Crippen LogP contribution in [0.15, 0.2) is 18.2 Å². The summed E-state index contributed by atoms with van der Waals surface area (Å²) in [5, 5.41) is 12.5. The molecule has 94 valence electrons. The molecule has 1 aromatic rings. The normalized spacial score (nSPS) is 12.5. The molecule has 1 unspecified atom stereocenters. The summed E-state index contributed by atoms with van der Waals surface area (Å²) in [4.78, 5) is 13.8. The molecule has 1 amide bonds. The lowest BCUT2D eigenvalue weighted by atomic mass is 10.1. The number of amides is 1. The second-order valence-corrected chi connectivity index (χ2v) is 4.38. The van der Waals surface area contributed by atoms with Gasteiger partial charge < -0.3 is 21.1 Å². The first kappa shape index (κ1) is 13.3. The van der Waals surface area contributed by atoms with Crippen molar-refractivity contribution in [2.45, 2.75) is 13.0 Å². The zero-order valence-corrected chi connectivity index (χ0v) is 10.4. The number of likely N-dealkylation sites (N-methyl/N-ethyl adjacent to an activating group) is 1. The lowest BCUT2D eigenvalue weighted by Crippen LogP contribution is -2.39. The van der Waals surface area contributed by atoms with E-state index in [0.29, 0.717) is 0 Å². The number of nitrogens with two attached hydrogens (primary N) is 1. The Morgan fingerprint density at radius 1 is 1.53 bits per heavy atom. The molecule has 0 heterocycles. The zero-order chi connectivity index (χ0) is 13.0. The fourth-order valence-corrected chi connectivity index (χ4v) is 1.64. The Hall–Kier alpha value is -1.75. The van der Waals surface area contributed by atoms with Crippen molar-refractivity contribution in [1.82, 2.24) is 10.2 Å². The van der Waals surface area contributed by atoms with E-state index in [1.807, 2.05) is 25.9 Å². The molecule has 0 radical (unpaired) electrons. The molecule has 0 bridgehead atoms. The van der Waals surface area contributed by atoms with E-state index in [1.165, 1.54) is 0 Å². The number of carbonyl (C=O) groups is 1. The van der Waals surface area contributed by atoms with Gasteiger partial charge >= 0.3 is 0 Å². The molecule has 0 fully saturated rings. The van der Waals surface area contributed by atoms with Crippen LogP contribution in [0.3, 0.4) is 0 Å². The van der Waals surface area contributed by atoms with Gasteiger partial charge in [0.15, 0.2) is 5.75 Å². The summed E-state index contributed by atoms with van der Waals surface area (Å²) in [5.41, 5.74) is 5.94. The number of aromatic hydroxyl groups is 1. The summed E-state index contributed by atoms with van der Waals surface area (Å²) in [7, 11) is 3.86. The first-order valence-corrected chi connectivity index (χ1v) is 5.45. The van der Waals surface area contributed by atoms with Crippen LogP contribution in [0.1, 0.15) is 17.3 Å². The Morgan fingerprint density at radius 3 is 2.76 bits per heavy atom. The third kappa shape index (κ3) is 3.64. The summed E-state index contributed by atoms with van der Waals surface area (Å²) in [6, 6.07) is 4.73. The van der Waals surface area contributed by atoms with E-state index in [4.69, 9.17) is 5.73 Å². The number of rotatable bonds is 4. The van der Waals surface area contributed by atoms with E-state index >= 15 is 0 Å². The van der Waals surface area contributed by atoms with Crippen LogP contribution < -0.4 is 11.1 Å². The van der Waals surface area contributed by atoms with Crippen molar-refractivity contribution in [2.24, 2.45) is 0 Å². The number of phenols is 1. The standard InChI is InChI=1S/C12H19N3O2/c1-8(7-15(2)3)14-12(17)9-5-4-6-10(13)11(9)16/h4-6,8,16H,7,13H2,1-3H3,(H,14,17). The topological polar surface area (TPSA) is 78.6 Å². The number of hydrogen-bond donors (Lipinski definition) is 3. The molecule has 0 spiro atoms. The summed E-state index contributed by atoms with van der Waals surface area (Å²) < 4.78 is 0. The molecule has 17 heavy (non-hydrogen) atoms. The van der Waals surface area contributed by atoms with Crippen LogP contribution in [0.4, 0.5) is 5.69 Å². The van der Waals surface area contributed by atoms with Crippen molar-refractivity contribution in [3.05, 3.63) is 23.8 Å². The highest BCUT2D eigenvalue weighted by molar-refractivity contribution is 5.98. The van der Waals surface area contributed by atoms with Gasteiger partial charge in [0, 0.05) is 12.6 Å². The molecule has 0 aliphatic rings. The Kier molecular flexibility index (Phi) is 4.34. The van der Waals surface area contributed by atoms with E-state index in [-0.39, 0.29) is 28.9 Å². The average molecular weight is 237 g/mol. The molecule has 0 aliphatic carbocycles. The van der Waals surface area contributed by atoms with E-state index in [0.717, 1.165) is 6.54 Å². The molecule has 1 rings (SSSR count). The van der Waals surface area contributed by atoms with Gasteiger partial charge in [0.1, 0.15) is 0 Å². The highest BCUT2D eigenvalue weighted by Gasteiger charge is 2.15. The first-order chi connectivity index (χ1) is 7.91. The number of nitrogens with one attached hydrogen (secondary N) is 1. The Balaban J connectivity index is 2.73. The van der Waals surface area contributed by atoms with E-state index in [1.54, 1.807) is 18.2 Å². The van der Waals surface area contributed by atoms with Crippen molar-refractivity contribution < 1.29 is 9.90 Å². The molecular weight excluding hydrogens is 218 g/mol. The van der Waals surface area contributed by atoms with Crippen molar-refractivity contribution in [3.63, 3.8) is 0 Å². The number of nitrogen functional groups attached to an aromatic ring is 1. The summed E-state index contributed by atoms with van der Waals surface area (Å²) in [5.74, 6) is -0.480. The lowest BCUT2D eigenvalue weighted by molar-refractivity contribution is 0.0932. The maximum atomic E-state index is 11.9. The molecule has 0 saturated carbocycles. The fourth-order valence-electron chi connectivity index (χ4n) is 1.64. The van der Waals surface area contributed by atoms with Gasteiger partial charge in [-0.05, 0) is 33.2 Å². The molecular formula is C12H19N3O2. The Morgan fingerprint density at radius 2 is 2.18 bits per heavy atom. The highest BCUT2D eigenvalue weighted by Crippen LogP contribution is 2.24. The van der Waals surface area contributed by atoms with Gasteiger partial charge in [-0.3, -0.25) is 4.79 Å². The van der Waals surface area contributed by atoms with Gasteiger partial charge in [-0.25, -0.2) is 0 Å². The molecule has 1 aromatic carbocycles. The maximum absolute atomic E-state index is 11.9. The van der Waals surface area contributed by atoms with Crippen molar-refractivity contribution in [2.75, 3.05) is 26.4 Å². The Bertz CT molecular complexity index is 405. The van der Waals surface area contributed by atoms with Crippen LogP contribution in [0.2, 0.25) is 0 Å². The van der Waals surface area contributed by atoms with Crippen molar-refractivity contribution in [3.8, 4) is 5.75 Å². The van der Waals surface area contributed by atoms with E-state index in [9.17, 15) is 9.90 Å². The molecule has 1 atom stereocenters. The monoisotopic (exact) mass is 237 g/mol. The summed E-state index contributed by atoms with van der Waals surface area (Å²) >= 11 is 0. The number of nitrogens with zero attached hydrogens (tertiary/aromatic N) is 1. The SMILES string of the molecule is CC(CN(C)C)NC(=O)c1cccc(N)c1O. The van der Waals surface area contributed by atoms with Crippen LogP contribution in [0, 0.1) is 0 Å². The minimum absolute atomic E-state index is 0.00155. The number of phenolic OH excluding ortho intramolecular Hbond substituents is 1. The van der Waals surface area contributed by atoms with Crippen LogP contribution in [0.5, 0.6) is 5.75 Å². The van der Waals surface area contributed by atoms with Crippen molar-refractivity contribution in [1.29, 1.82) is 0 Å². The van der Waals surface area contributed by atoms with E-state index < -0.39 is 0 Å². The molecule has 0 saturated heterocycles. The molecule has 5 nitrogen and oxygen atoms in total. The second-order valence-electron chi connectivity index (χ2n) is 4.38. The van der Waals surface area contributed by atoms with Crippen molar-refractivity contribution >= 4 is 11.6 Å². The molecule has 4 N–H and O–H groups in total. The zero-order valence-electron chi connectivity index (χ0n) is 10.4. The van der Waals surface area contributed by atoms with E-state index in [2.05, 4.69) is 5.32 Å². The minimum Gasteiger partial charge on any atom is -0.505 e. The number of hydrogen-bond acceptors (Lipinski definition) is 4. The summed E-state index contributed by atoms with van der Waals surface area (Å²) in [6.07, 6.45) is 0. The second kappa shape index (κ2) is 5.54. The van der Waals surface area contributed by atoms with Crippen LogP contribution in [-0.2, 0) is 0 Å². The predicted octanol–water partition coefficient (Wildman–Crippen LogP) is 0.654. The average Bonchev–Trinajstić information content (AvgIpc) is 2.20. The van der Waals surface area contributed by atoms with Gasteiger partial charge in [0.25, 0.3) is 5.91 Å². The first-order valence-electron chi connectivity index (χ1n) is 5.45. The molecule has 5 heteroatoms. The number of para-hydroxylation sites is 1. The fraction of sp³-hybridized carbons (Fsp3) is 0.417. The molecule has 0 aromatic heterocycles. The number of carbonyl (C=O) groups excluding carboxylic acids is 1.